The molecule has 0 atom stereocenters. The molecule has 0 saturated carbocycles. The fourth-order valence-electron chi connectivity index (χ4n) is 3.83. The van der Waals surface area contributed by atoms with Gasteiger partial charge in [-0.05, 0) is 31.0 Å². The van der Waals surface area contributed by atoms with Crippen LogP contribution in [0.3, 0.4) is 0 Å². The Labute approximate surface area is 183 Å². The average molecular weight is 438 g/mol. The maximum absolute atomic E-state index is 12.9. The SMILES string of the molecule is O=C(CSc1nnc(N2CCCC2)n1-c1ccccc1Cl)c1c[nH]c2ccccc12. The van der Waals surface area contributed by atoms with Crippen LogP contribution in [0.5, 0.6) is 0 Å². The number of H-pyrrole nitrogens is 1. The van der Waals surface area contributed by atoms with Crippen molar-refractivity contribution in [1.29, 1.82) is 0 Å². The minimum Gasteiger partial charge on any atom is -0.360 e. The van der Waals surface area contributed by atoms with Crippen molar-refractivity contribution in [1.82, 2.24) is 19.7 Å². The van der Waals surface area contributed by atoms with Crippen molar-refractivity contribution in [3.05, 3.63) is 65.3 Å². The minimum atomic E-state index is 0.0499. The van der Waals surface area contributed by atoms with E-state index < -0.39 is 0 Å². The summed E-state index contributed by atoms with van der Waals surface area (Å²) in [5, 5.41) is 11.1. The van der Waals surface area contributed by atoms with Gasteiger partial charge in [-0.3, -0.25) is 9.36 Å². The van der Waals surface area contributed by atoms with Gasteiger partial charge in [-0.2, -0.15) is 0 Å². The summed E-state index contributed by atoms with van der Waals surface area (Å²) in [6, 6.07) is 15.5. The first-order valence-corrected chi connectivity index (χ1v) is 11.3. The molecule has 1 fully saturated rings. The summed E-state index contributed by atoms with van der Waals surface area (Å²) in [5.74, 6) is 1.10. The van der Waals surface area contributed by atoms with Crippen LogP contribution in [0, 0.1) is 0 Å². The number of benzene rings is 2. The summed E-state index contributed by atoms with van der Waals surface area (Å²) in [6.07, 6.45) is 4.05. The molecule has 4 aromatic rings. The van der Waals surface area contributed by atoms with Gasteiger partial charge in [0.05, 0.1) is 16.5 Å². The van der Waals surface area contributed by atoms with Gasteiger partial charge in [0.25, 0.3) is 0 Å². The van der Waals surface area contributed by atoms with Crippen molar-refractivity contribution in [2.75, 3.05) is 23.7 Å². The normalized spacial score (nSPS) is 14.0. The third-order valence-corrected chi connectivity index (χ3v) is 6.57. The van der Waals surface area contributed by atoms with E-state index in [1.54, 1.807) is 6.20 Å². The van der Waals surface area contributed by atoms with Crippen LogP contribution in [-0.4, -0.2) is 44.4 Å². The fourth-order valence-corrected chi connectivity index (χ4v) is 4.88. The molecule has 1 aliphatic heterocycles. The molecule has 1 saturated heterocycles. The Kier molecular flexibility index (Phi) is 5.23. The van der Waals surface area contributed by atoms with E-state index in [1.807, 2.05) is 53.1 Å². The molecule has 5 rings (SSSR count). The van der Waals surface area contributed by atoms with Crippen LogP contribution in [0.4, 0.5) is 5.95 Å². The molecule has 8 heteroatoms. The lowest BCUT2D eigenvalue weighted by Crippen LogP contribution is -2.22. The molecule has 30 heavy (non-hydrogen) atoms. The molecule has 0 unspecified atom stereocenters. The number of hydrogen-bond acceptors (Lipinski definition) is 5. The Morgan fingerprint density at radius 2 is 1.83 bits per heavy atom. The van der Waals surface area contributed by atoms with E-state index in [0.717, 1.165) is 48.5 Å². The Morgan fingerprint density at radius 3 is 2.67 bits per heavy atom. The lowest BCUT2D eigenvalue weighted by Gasteiger charge is -2.19. The van der Waals surface area contributed by atoms with Crippen LogP contribution in [0.15, 0.2) is 59.9 Å². The van der Waals surface area contributed by atoms with Crippen LogP contribution in [0.2, 0.25) is 5.02 Å². The van der Waals surface area contributed by atoms with Crippen LogP contribution in [-0.2, 0) is 0 Å². The fraction of sp³-hybridized carbons (Fsp3) is 0.227. The van der Waals surface area contributed by atoms with Gasteiger partial charge in [0.1, 0.15) is 0 Å². The third kappa shape index (κ3) is 3.48. The van der Waals surface area contributed by atoms with E-state index in [4.69, 9.17) is 11.6 Å². The number of halogens is 1. The third-order valence-electron chi connectivity index (χ3n) is 5.32. The second kappa shape index (κ2) is 8.16. The van der Waals surface area contributed by atoms with E-state index in [9.17, 15) is 4.79 Å². The molecule has 3 heterocycles. The van der Waals surface area contributed by atoms with E-state index in [-0.39, 0.29) is 11.5 Å². The Morgan fingerprint density at radius 1 is 1.07 bits per heavy atom. The highest BCUT2D eigenvalue weighted by Gasteiger charge is 2.24. The monoisotopic (exact) mass is 437 g/mol. The highest BCUT2D eigenvalue weighted by atomic mass is 35.5. The number of anilines is 1. The van der Waals surface area contributed by atoms with Crippen molar-refractivity contribution in [3.63, 3.8) is 0 Å². The molecule has 0 radical (unpaired) electrons. The second-order valence-corrected chi connectivity index (χ2v) is 8.57. The summed E-state index contributed by atoms with van der Waals surface area (Å²) < 4.78 is 1.97. The summed E-state index contributed by atoms with van der Waals surface area (Å²) in [6.45, 7) is 1.89. The Balaban J connectivity index is 1.46. The Hall–Kier alpha value is -2.77. The number of fused-ring (bicyclic) bond motifs is 1. The molecule has 0 bridgehead atoms. The highest BCUT2D eigenvalue weighted by molar-refractivity contribution is 7.99. The van der Waals surface area contributed by atoms with Crippen LogP contribution < -0.4 is 4.90 Å². The number of aromatic nitrogens is 4. The molecule has 1 aliphatic rings. The second-order valence-electron chi connectivity index (χ2n) is 7.22. The standard InChI is InChI=1S/C22H20ClN5OS/c23-17-8-2-4-10-19(17)28-21(27-11-5-6-12-27)25-26-22(28)30-14-20(29)16-13-24-18-9-3-1-7-15(16)18/h1-4,7-10,13,24H,5-6,11-12,14H2. The zero-order valence-corrected chi connectivity index (χ0v) is 17.8. The van der Waals surface area contributed by atoms with E-state index >= 15 is 0 Å². The van der Waals surface area contributed by atoms with Gasteiger partial charge in [0.2, 0.25) is 5.95 Å². The maximum atomic E-state index is 12.9. The molecule has 2 aromatic heterocycles. The number of rotatable bonds is 6. The van der Waals surface area contributed by atoms with Crippen molar-refractivity contribution >= 4 is 46.0 Å². The Bertz CT molecular complexity index is 1210. The molecule has 1 N–H and O–H groups in total. The van der Waals surface area contributed by atoms with Crippen molar-refractivity contribution < 1.29 is 4.79 Å². The predicted octanol–water partition coefficient (Wildman–Crippen LogP) is 4.98. The number of nitrogens with zero attached hydrogens (tertiary/aromatic N) is 4. The van der Waals surface area contributed by atoms with Gasteiger partial charge in [-0.1, -0.05) is 53.7 Å². The molecule has 2 aromatic carbocycles. The predicted molar refractivity (Wildman–Crippen MR) is 121 cm³/mol. The van der Waals surface area contributed by atoms with Crippen LogP contribution >= 0.6 is 23.4 Å². The summed E-state index contributed by atoms with van der Waals surface area (Å²) in [4.78, 5) is 18.3. The average Bonchev–Trinajstić information content (AvgIpc) is 3.51. The molecular weight excluding hydrogens is 418 g/mol. The lowest BCUT2D eigenvalue weighted by atomic mass is 10.1. The van der Waals surface area contributed by atoms with E-state index in [1.165, 1.54) is 11.8 Å². The number of aromatic amines is 1. The number of nitrogens with one attached hydrogen (secondary N) is 1. The van der Waals surface area contributed by atoms with Crippen LogP contribution in [0.1, 0.15) is 23.2 Å². The van der Waals surface area contributed by atoms with Crippen molar-refractivity contribution in [2.24, 2.45) is 0 Å². The summed E-state index contributed by atoms with van der Waals surface area (Å²) >= 11 is 7.89. The van der Waals surface area contributed by atoms with E-state index in [2.05, 4.69) is 20.1 Å². The summed E-state index contributed by atoms with van der Waals surface area (Å²) in [7, 11) is 0. The maximum Gasteiger partial charge on any atom is 0.232 e. The zero-order valence-electron chi connectivity index (χ0n) is 16.2. The molecular formula is C22H20ClN5OS. The van der Waals surface area contributed by atoms with Gasteiger partial charge in [0.15, 0.2) is 10.9 Å². The van der Waals surface area contributed by atoms with Gasteiger partial charge in [0, 0.05) is 35.8 Å². The van der Waals surface area contributed by atoms with E-state index in [0.29, 0.717) is 15.7 Å². The van der Waals surface area contributed by atoms with Crippen molar-refractivity contribution in [2.45, 2.75) is 18.0 Å². The largest absolute Gasteiger partial charge is 0.360 e. The molecule has 152 valence electrons. The zero-order chi connectivity index (χ0) is 20.5. The number of para-hydroxylation sites is 2. The van der Waals surface area contributed by atoms with Gasteiger partial charge in [-0.15, -0.1) is 10.2 Å². The van der Waals surface area contributed by atoms with Gasteiger partial charge in [-0.25, -0.2) is 0 Å². The minimum absolute atomic E-state index is 0.0499. The smallest absolute Gasteiger partial charge is 0.232 e. The van der Waals surface area contributed by atoms with Gasteiger partial charge < -0.3 is 9.88 Å². The molecule has 0 amide bonds. The molecule has 0 spiro atoms. The number of ketones is 1. The topological polar surface area (TPSA) is 66.8 Å². The number of carbonyl (C=O) groups excluding carboxylic acids is 1. The molecule has 0 aliphatic carbocycles. The number of Topliss-reactive ketones (excluding diaryl/α,β-unsaturated/α-hetero) is 1. The van der Waals surface area contributed by atoms with Gasteiger partial charge >= 0.3 is 0 Å². The highest BCUT2D eigenvalue weighted by Crippen LogP contribution is 2.32. The first kappa shape index (κ1) is 19.2. The first-order chi connectivity index (χ1) is 14.7. The van der Waals surface area contributed by atoms with Crippen molar-refractivity contribution in [3.8, 4) is 5.69 Å². The molecule has 6 nitrogen and oxygen atoms in total. The lowest BCUT2D eigenvalue weighted by molar-refractivity contribution is 0.102. The number of thioether (sulfide) groups is 1. The number of carbonyl (C=O) groups is 1. The quantitative estimate of drug-likeness (QED) is 0.340. The van der Waals surface area contributed by atoms with Crippen LogP contribution in [0.25, 0.3) is 16.6 Å². The number of hydrogen-bond donors (Lipinski definition) is 1. The summed E-state index contributed by atoms with van der Waals surface area (Å²) in [5.41, 5.74) is 2.48. The first-order valence-electron chi connectivity index (χ1n) is 9.90.